The average molecular weight is 417 g/mol. The summed E-state index contributed by atoms with van der Waals surface area (Å²) in [7, 11) is 0. The minimum atomic E-state index is -0.701. The predicted octanol–water partition coefficient (Wildman–Crippen LogP) is 2.40. The van der Waals surface area contributed by atoms with Gasteiger partial charge in [0.25, 0.3) is 0 Å². The van der Waals surface area contributed by atoms with Gasteiger partial charge in [-0.2, -0.15) is 0 Å². The van der Waals surface area contributed by atoms with E-state index in [9.17, 15) is 9.59 Å². The Labute approximate surface area is 179 Å². The summed E-state index contributed by atoms with van der Waals surface area (Å²) in [5, 5.41) is 4.21. The summed E-state index contributed by atoms with van der Waals surface area (Å²) in [6.45, 7) is 1.35. The van der Waals surface area contributed by atoms with E-state index in [4.69, 9.17) is 9.15 Å². The number of para-hydroxylation sites is 1. The van der Waals surface area contributed by atoms with Gasteiger partial charge in [0.1, 0.15) is 11.4 Å². The van der Waals surface area contributed by atoms with Crippen molar-refractivity contribution in [3.8, 4) is 0 Å². The Balaban J connectivity index is 1.15. The molecule has 0 saturated carbocycles. The standard InChI is InChI=1S/C24H23N3O4/c28-22(25-10-8-15-12-26-18-6-2-1-5-17(15)18)20-19-7-9-24(31-19)14-27(23(29)21(20)24)13-16-4-3-11-30-16/h1-7,9,11-12,19-21,26H,8,10,13-14H2,(H,25,28)/t19-,20-,21+,24+/m1/s1. The first-order valence-electron chi connectivity index (χ1n) is 10.7. The Bertz CT molecular complexity index is 1180. The average Bonchev–Trinajstić information content (AvgIpc) is 3.58. The van der Waals surface area contributed by atoms with Crippen LogP contribution in [-0.2, 0) is 27.3 Å². The molecule has 2 aromatic heterocycles. The van der Waals surface area contributed by atoms with Crippen molar-refractivity contribution >= 4 is 22.7 Å². The van der Waals surface area contributed by atoms with Crippen molar-refractivity contribution in [2.45, 2.75) is 24.7 Å². The van der Waals surface area contributed by atoms with Gasteiger partial charge < -0.3 is 24.4 Å². The van der Waals surface area contributed by atoms with Crippen molar-refractivity contribution in [2.75, 3.05) is 13.1 Å². The number of fused-ring (bicyclic) bond motifs is 2. The molecule has 2 saturated heterocycles. The molecular weight excluding hydrogens is 394 g/mol. The maximum Gasteiger partial charge on any atom is 0.230 e. The van der Waals surface area contributed by atoms with Gasteiger partial charge in [-0.1, -0.05) is 30.4 Å². The SMILES string of the molecule is O=C(NCCc1c[nH]c2ccccc12)[C@H]1[C@H]2C(=O)N(Cc3ccco3)C[C@@]23C=C[C@H]1O3. The maximum atomic E-state index is 13.2. The zero-order chi connectivity index (χ0) is 21.0. The zero-order valence-corrected chi connectivity index (χ0v) is 16.9. The van der Waals surface area contributed by atoms with Crippen LogP contribution in [0.2, 0.25) is 0 Å². The summed E-state index contributed by atoms with van der Waals surface area (Å²) in [6, 6.07) is 11.8. The number of nitrogens with zero attached hydrogens (tertiary/aromatic N) is 1. The monoisotopic (exact) mass is 417 g/mol. The normalized spacial score (nSPS) is 28.6. The summed E-state index contributed by atoms with van der Waals surface area (Å²) in [5.41, 5.74) is 1.55. The topological polar surface area (TPSA) is 87.6 Å². The first-order valence-corrected chi connectivity index (χ1v) is 10.7. The van der Waals surface area contributed by atoms with Crippen LogP contribution in [0.3, 0.4) is 0 Å². The summed E-state index contributed by atoms with van der Waals surface area (Å²) in [5.74, 6) is -0.412. The molecule has 6 rings (SSSR count). The van der Waals surface area contributed by atoms with Gasteiger partial charge in [0.05, 0.1) is 37.3 Å². The van der Waals surface area contributed by atoms with E-state index in [1.54, 1.807) is 17.2 Å². The van der Waals surface area contributed by atoms with Gasteiger partial charge in [0.15, 0.2) is 0 Å². The Morgan fingerprint density at radius 1 is 1.26 bits per heavy atom. The highest BCUT2D eigenvalue weighted by Gasteiger charge is 2.66. The molecule has 7 nitrogen and oxygen atoms in total. The van der Waals surface area contributed by atoms with Crippen molar-refractivity contribution in [2.24, 2.45) is 11.8 Å². The Kier molecular flexibility index (Phi) is 4.08. The molecule has 2 N–H and O–H groups in total. The van der Waals surface area contributed by atoms with Gasteiger partial charge in [-0.25, -0.2) is 0 Å². The number of amides is 2. The largest absolute Gasteiger partial charge is 0.467 e. The van der Waals surface area contributed by atoms with Crippen LogP contribution in [-0.4, -0.2) is 46.5 Å². The summed E-state index contributed by atoms with van der Waals surface area (Å²) in [4.78, 5) is 31.3. The third-order valence-electron chi connectivity index (χ3n) is 6.78. The molecule has 4 atom stereocenters. The molecule has 158 valence electrons. The smallest absolute Gasteiger partial charge is 0.230 e. The molecule has 7 heteroatoms. The van der Waals surface area contributed by atoms with Crippen LogP contribution in [0.1, 0.15) is 11.3 Å². The third kappa shape index (κ3) is 2.84. The van der Waals surface area contributed by atoms with E-state index in [2.05, 4.69) is 16.4 Å². The lowest BCUT2D eigenvalue weighted by molar-refractivity contribution is -0.138. The van der Waals surface area contributed by atoms with Crippen LogP contribution >= 0.6 is 0 Å². The molecule has 0 aliphatic carbocycles. The number of ether oxygens (including phenoxy) is 1. The number of aromatic nitrogens is 1. The molecule has 0 radical (unpaired) electrons. The number of carbonyl (C=O) groups is 2. The van der Waals surface area contributed by atoms with Crippen LogP contribution < -0.4 is 5.32 Å². The quantitative estimate of drug-likeness (QED) is 0.603. The lowest BCUT2D eigenvalue weighted by Gasteiger charge is -2.23. The van der Waals surface area contributed by atoms with Crippen molar-refractivity contribution < 1.29 is 18.7 Å². The first kappa shape index (κ1) is 18.4. The van der Waals surface area contributed by atoms with Crippen molar-refractivity contribution in [3.05, 3.63) is 72.3 Å². The number of benzene rings is 1. The number of H-pyrrole nitrogens is 1. The van der Waals surface area contributed by atoms with Crippen molar-refractivity contribution in [3.63, 3.8) is 0 Å². The molecular formula is C24H23N3O4. The molecule has 0 unspecified atom stereocenters. The number of likely N-dealkylation sites (tertiary alicyclic amines) is 1. The zero-order valence-electron chi connectivity index (χ0n) is 16.9. The number of furan rings is 1. The molecule has 2 fully saturated rings. The van der Waals surface area contributed by atoms with Crippen molar-refractivity contribution in [1.29, 1.82) is 0 Å². The van der Waals surface area contributed by atoms with E-state index in [0.717, 1.165) is 23.3 Å². The van der Waals surface area contributed by atoms with Gasteiger partial charge in [-0.3, -0.25) is 9.59 Å². The highest BCUT2D eigenvalue weighted by atomic mass is 16.5. The molecule has 1 spiro atoms. The number of carbonyl (C=O) groups excluding carboxylic acids is 2. The number of nitrogens with one attached hydrogen (secondary N) is 2. The van der Waals surface area contributed by atoms with Crippen LogP contribution in [0.15, 0.2) is 65.4 Å². The van der Waals surface area contributed by atoms with Crippen LogP contribution in [0, 0.1) is 11.8 Å². The molecule has 5 heterocycles. The number of aromatic amines is 1. The third-order valence-corrected chi connectivity index (χ3v) is 6.78. The van der Waals surface area contributed by atoms with E-state index in [1.807, 2.05) is 42.6 Å². The fraction of sp³-hybridized carbons (Fsp3) is 0.333. The van der Waals surface area contributed by atoms with E-state index < -0.39 is 17.4 Å². The lowest BCUT2D eigenvalue weighted by atomic mass is 9.77. The number of hydrogen-bond donors (Lipinski definition) is 2. The minimum Gasteiger partial charge on any atom is -0.467 e. The fourth-order valence-corrected chi connectivity index (χ4v) is 5.38. The molecule has 31 heavy (non-hydrogen) atoms. The molecule has 3 aliphatic rings. The maximum absolute atomic E-state index is 13.2. The minimum absolute atomic E-state index is 0.0416. The second-order valence-corrected chi connectivity index (χ2v) is 8.57. The Morgan fingerprint density at radius 2 is 2.16 bits per heavy atom. The number of hydrogen-bond acceptors (Lipinski definition) is 4. The molecule has 1 aromatic carbocycles. The van der Waals surface area contributed by atoms with Gasteiger partial charge in [0.2, 0.25) is 11.8 Å². The molecule has 3 aliphatic heterocycles. The second-order valence-electron chi connectivity index (χ2n) is 8.57. The highest BCUT2D eigenvalue weighted by molar-refractivity contribution is 5.93. The molecule has 3 aromatic rings. The first-order chi connectivity index (χ1) is 15.1. The molecule has 2 bridgehead atoms. The van der Waals surface area contributed by atoms with Gasteiger partial charge in [-0.05, 0) is 30.2 Å². The highest BCUT2D eigenvalue weighted by Crippen LogP contribution is 2.52. The summed E-state index contributed by atoms with van der Waals surface area (Å²) in [6.07, 6.45) is 7.87. The van der Waals surface area contributed by atoms with Crippen LogP contribution in [0.4, 0.5) is 0 Å². The fourth-order valence-electron chi connectivity index (χ4n) is 5.38. The van der Waals surface area contributed by atoms with E-state index >= 15 is 0 Å². The predicted molar refractivity (Wildman–Crippen MR) is 113 cm³/mol. The molecule has 2 amide bonds. The van der Waals surface area contributed by atoms with Crippen LogP contribution in [0.25, 0.3) is 10.9 Å². The van der Waals surface area contributed by atoms with E-state index in [0.29, 0.717) is 19.6 Å². The van der Waals surface area contributed by atoms with E-state index in [1.165, 1.54) is 5.39 Å². The van der Waals surface area contributed by atoms with Crippen LogP contribution in [0.5, 0.6) is 0 Å². The second kappa shape index (κ2) is 6.85. The van der Waals surface area contributed by atoms with Gasteiger partial charge in [-0.15, -0.1) is 0 Å². The van der Waals surface area contributed by atoms with Gasteiger partial charge in [0, 0.05) is 23.6 Å². The summed E-state index contributed by atoms with van der Waals surface area (Å²) < 4.78 is 11.6. The van der Waals surface area contributed by atoms with E-state index in [-0.39, 0.29) is 17.9 Å². The van der Waals surface area contributed by atoms with Crippen molar-refractivity contribution in [1.82, 2.24) is 15.2 Å². The Hall–Kier alpha value is -3.32. The Morgan fingerprint density at radius 3 is 3.03 bits per heavy atom. The van der Waals surface area contributed by atoms with Gasteiger partial charge >= 0.3 is 0 Å². The summed E-state index contributed by atoms with van der Waals surface area (Å²) >= 11 is 0. The number of rotatable bonds is 6. The lowest BCUT2D eigenvalue weighted by Crippen LogP contribution is -2.44.